The summed E-state index contributed by atoms with van der Waals surface area (Å²) in [5, 5.41) is 8.52. The molecule has 0 aliphatic rings. The molecule has 2 aromatic rings. The van der Waals surface area contributed by atoms with Crippen LogP contribution >= 0.6 is 0 Å². The molecule has 2 rings (SSSR count). The van der Waals surface area contributed by atoms with Gasteiger partial charge in [0.05, 0.1) is 7.11 Å². The highest BCUT2D eigenvalue weighted by Gasteiger charge is 2.33. The highest BCUT2D eigenvalue weighted by molar-refractivity contribution is 5.97. The molecule has 9 heteroatoms. The smallest absolute Gasteiger partial charge is 0.328 e. The predicted octanol–water partition coefficient (Wildman–Crippen LogP) is 4.07. The fraction of sp³-hybridized carbons (Fsp3) is 0.484. The van der Waals surface area contributed by atoms with E-state index in [1.54, 1.807) is 4.90 Å². The second-order valence-electron chi connectivity index (χ2n) is 10.4. The largest absolute Gasteiger partial charge is 0.467 e. The summed E-state index contributed by atoms with van der Waals surface area (Å²) in [6.45, 7) is 9.93. The van der Waals surface area contributed by atoms with Crippen LogP contribution in [0.3, 0.4) is 0 Å². The van der Waals surface area contributed by atoms with Gasteiger partial charge in [-0.15, -0.1) is 0 Å². The molecule has 0 aliphatic carbocycles. The van der Waals surface area contributed by atoms with E-state index in [1.807, 2.05) is 95.3 Å². The Morgan fingerprint density at radius 2 is 1.40 bits per heavy atom. The number of carbonyl (C=O) groups excluding carboxylic acids is 4. The maximum Gasteiger partial charge on any atom is 0.328 e. The van der Waals surface area contributed by atoms with Gasteiger partial charge in [0.2, 0.25) is 11.8 Å². The quantitative estimate of drug-likeness (QED) is 0.306. The van der Waals surface area contributed by atoms with Crippen molar-refractivity contribution in [2.75, 3.05) is 18.6 Å². The summed E-state index contributed by atoms with van der Waals surface area (Å²) in [4.78, 5) is 54.3. The fourth-order valence-corrected chi connectivity index (χ4v) is 4.38. The first-order valence-electron chi connectivity index (χ1n) is 14.0. The van der Waals surface area contributed by atoms with Crippen molar-refractivity contribution in [3.05, 3.63) is 66.2 Å². The number of hydrogen-bond acceptors (Lipinski definition) is 5. The molecule has 0 saturated carbocycles. The molecule has 0 heterocycles. The lowest BCUT2D eigenvalue weighted by molar-refractivity contribution is -0.146. The Morgan fingerprint density at radius 3 is 1.93 bits per heavy atom. The lowest BCUT2D eigenvalue weighted by Gasteiger charge is -2.29. The summed E-state index contributed by atoms with van der Waals surface area (Å²) in [6.07, 6.45) is 1.25. The summed E-state index contributed by atoms with van der Waals surface area (Å²) >= 11 is 0. The van der Waals surface area contributed by atoms with Crippen molar-refractivity contribution >= 4 is 29.5 Å². The van der Waals surface area contributed by atoms with Crippen LogP contribution in [0.1, 0.15) is 53.0 Å². The van der Waals surface area contributed by atoms with E-state index in [2.05, 4.69) is 16.0 Å². The van der Waals surface area contributed by atoms with Gasteiger partial charge in [-0.3, -0.25) is 14.5 Å². The molecule has 4 amide bonds. The van der Waals surface area contributed by atoms with Crippen molar-refractivity contribution in [2.45, 2.75) is 72.0 Å². The molecule has 0 fully saturated rings. The van der Waals surface area contributed by atoms with E-state index < -0.39 is 41.9 Å². The van der Waals surface area contributed by atoms with Crippen molar-refractivity contribution in [2.24, 2.45) is 11.8 Å². The fourth-order valence-electron chi connectivity index (χ4n) is 4.38. The van der Waals surface area contributed by atoms with Gasteiger partial charge in [-0.2, -0.15) is 0 Å². The van der Waals surface area contributed by atoms with Crippen LogP contribution in [-0.2, 0) is 25.5 Å². The molecule has 0 spiro atoms. The molecule has 40 heavy (non-hydrogen) atoms. The van der Waals surface area contributed by atoms with Crippen LogP contribution in [0.2, 0.25) is 0 Å². The normalized spacial score (nSPS) is 13.9. The highest BCUT2D eigenvalue weighted by Crippen LogP contribution is 2.15. The number of benzene rings is 2. The van der Waals surface area contributed by atoms with Crippen LogP contribution in [0.4, 0.5) is 10.5 Å². The third-order valence-corrected chi connectivity index (χ3v) is 6.83. The molecular weight excluding hydrogens is 508 g/mol. The van der Waals surface area contributed by atoms with Crippen molar-refractivity contribution in [1.82, 2.24) is 16.0 Å². The third-order valence-electron chi connectivity index (χ3n) is 6.83. The van der Waals surface area contributed by atoms with Gasteiger partial charge in [-0.1, -0.05) is 82.6 Å². The van der Waals surface area contributed by atoms with Crippen molar-refractivity contribution in [3.63, 3.8) is 0 Å². The van der Waals surface area contributed by atoms with Gasteiger partial charge in [-0.25, -0.2) is 9.59 Å². The van der Waals surface area contributed by atoms with Crippen LogP contribution in [0.25, 0.3) is 0 Å². The number of methoxy groups -OCH3 is 1. The first-order chi connectivity index (χ1) is 19.1. The van der Waals surface area contributed by atoms with Gasteiger partial charge in [0.1, 0.15) is 18.1 Å². The lowest BCUT2D eigenvalue weighted by atomic mass is 9.96. The van der Waals surface area contributed by atoms with E-state index in [0.717, 1.165) is 5.56 Å². The second kappa shape index (κ2) is 16.3. The molecule has 218 valence electrons. The van der Waals surface area contributed by atoms with Crippen molar-refractivity contribution in [3.8, 4) is 0 Å². The summed E-state index contributed by atoms with van der Waals surface area (Å²) < 4.78 is 4.89. The van der Waals surface area contributed by atoms with Crippen molar-refractivity contribution in [1.29, 1.82) is 0 Å². The molecule has 0 aliphatic heterocycles. The number of carbonyl (C=O) groups is 4. The number of anilines is 1. The van der Waals surface area contributed by atoms with Crippen LogP contribution in [0.5, 0.6) is 0 Å². The lowest BCUT2D eigenvalue weighted by Crippen LogP contribution is -2.59. The molecule has 0 aromatic heterocycles. The van der Waals surface area contributed by atoms with Gasteiger partial charge in [-0.05, 0) is 42.9 Å². The Labute approximate surface area is 238 Å². The maximum absolute atomic E-state index is 13.7. The average molecular weight is 553 g/mol. The maximum atomic E-state index is 13.7. The minimum Gasteiger partial charge on any atom is -0.467 e. The number of esters is 1. The van der Waals surface area contributed by atoms with Crippen LogP contribution < -0.4 is 20.9 Å². The van der Waals surface area contributed by atoms with Crippen LogP contribution in [-0.4, -0.2) is 55.6 Å². The second-order valence-corrected chi connectivity index (χ2v) is 10.4. The summed E-state index contributed by atoms with van der Waals surface area (Å²) in [5.74, 6) is -1.59. The molecule has 4 atom stereocenters. The van der Waals surface area contributed by atoms with Gasteiger partial charge in [0.15, 0.2) is 0 Å². The molecule has 9 nitrogen and oxygen atoms in total. The summed E-state index contributed by atoms with van der Waals surface area (Å²) in [6, 6.07) is 15.5. The van der Waals surface area contributed by atoms with E-state index in [4.69, 9.17) is 4.74 Å². The number of amides is 4. The number of rotatable bonds is 14. The zero-order chi connectivity index (χ0) is 29.7. The number of hydrogen-bond donors (Lipinski definition) is 3. The number of nitrogens with one attached hydrogen (secondary N) is 3. The monoisotopic (exact) mass is 552 g/mol. The molecule has 0 saturated heterocycles. The minimum atomic E-state index is -0.945. The van der Waals surface area contributed by atoms with Crippen LogP contribution in [0, 0.1) is 11.8 Å². The van der Waals surface area contributed by atoms with E-state index in [-0.39, 0.29) is 18.3 Å². The zero-order valence-corrected chi connectivity index (χ0v) is 24.5. The molecule has 3 N–H and O–H groups in total. The van der Waals surface area contributed by atoms with E-state index >= 15 is 0 Å². The average Bonchev–Trinajstić information content (AvgIpc) is 2.95. The number of urea groups is 1. The SMILES string of the molecule is CC[C@H](C)[C@H](NC(=O)[C@H](Cc1ccccc1)NC(=O)N(CC)c1ccccc1)C(=O)N[C@@H](CC(C)C)C(=O)OC. The number of ether oxygens (including phenoxy) is 1. The minimum absolute atomic E-state index is 0.137. The van der Waals surface area contributed by atoms with Crippen molar-refractivity contribution < 1.29 is 23.9 Å². The van der Waals surface area contributed by atoms with Crippen LogP contribution in [0.15, 0.2) is 60.7 Å². The number of nitrogens with zero attached hydrogens (tertiary/aromatic N) is 1. The Morgan fingerprint density at radius 1 is 0.800 bits per heavy atom. The topological polar surface area (TPSA) is 117 Å². The number of para-hydroxylation sites is 1. The van der Waals surface area contributed by atoms with Gasteiger partial charge in [0.25, 0.3) is 0 Å². The molecule has 0 bridgehead atoms. The molecule has 2 aromatic carbocycles. The summed E-state index contributed by atoms with van der Waals surface area (Å²) in [7, 11) is 1.28. The molecule has 0 unspecified atom stereocenters. The molecular formula is C31H44N4O5. The Balaban J connectivity index is 2.30. The molecule has 0 radical (unpaired) electrons. The standard InChI is InChI=1S/C31H44N4O5/c1-7-22(5)27(29(37)32-26(19-21(3)4)30(38)40-6)34-28(36)25(20-23-15-11-9-12-16-23)33-31(39)35(8-2)24-17-13-10-14-18-24/h9-18,21-22,25-27H,7-8,19-20H2,1-6H3,(H,32,37)(H,33,39)(H,34,36)/t22-,25-,26-,27-/m0/s1. The van der Waals surface area contributed by atoms with E-state index in [1.165, 1.54) is 7.11 Å². The van der Waals surface area contributed by atoms with E-state index in [9.17, 15) is 19.2 Å². The predicted molar refractivity (Wildman–Crippen MR) is 157 cm³/mol. The highest BCUT2D eigenvalue weighted by atomic mass is 16.5. The van der Waals surface area contributed by atoms with Gasteiger partial charge < -0.3 is 20.7 Å². The first-order valence-corrected chi connectivity index (χ1v) is 14.0. The summed E-state index contributed by atoms with van der Waals surface area (Å²) in [5.41, 5.74) is 1.56. The van der Waals surface area contributed by atoms with Gasteiger partial charge in [0, 0.05) is 18.7 Å². The Bertz CT molecular complexity index is 1090. The van der Waals surface area contributed by atoms with E-state index in [0.29, 0.717) is 25.1 Å². The zero-order valence-electron chi connectivity index (χ0n) is 24.5. The first kappa shape index (κ1) is 32.3. The third kappa shape index (κ3) is 9.70. The Kier molecular flexibility index (Phi) is 13.2. The van der Waals surface area contributed by atoms with Gasteiger partial charge >= 0.3 is 12.0 Å². The Hall–Kier alpha value is -3.88.